The fourth-order valence-corrected chi connectivity index (χ4v) is 3.53. The Morgan fingerprint density at radius 1 is 1.30 bits per heavy atom. The van der Waals surface area contributed by atoms with E-state index in [-0.39, 0.29) is 18.4 Å². The average molecular weight is 283 g/mol. The average Bonchev–Trinajstić information content (AvgIpc) is 2.39. The fourth-order valence-electron chi connectivity index (χ4n) is 3.53. The SMILES string of the molecule is CC1(C)CCCC(CN)(Cc2cc(F)ccc2F)C1O. The lowest BCUT2D eigenvalue weighted by Crippen LogP contribution is -2.53. The fraction of sp³-hybridized carbons (Fsp3) is 0.625. The summed E-state index contributed by atoms with van der Waals surface area (Å²) >= 11 is 0. The molecule has 0 bridgehead atoms. The molecule has 112 valence electrons. The number of halogens is 2. The van der Waals surface area contributed by atoms with E-state index >= 15 is 0 Å². The number of hydrogen-bond donors (Lipinski definition) is 2. The van der Waals surface area contributed by atoms with Crippen LogP contribution in [0.2, 0.25) is 0 Å². The minimum Gasteiger partial charge on any atom is -0.392 e. The Kier molecular flexibility index (Phi) is 4.17. The van der Waals surface area contributed by atoms with Gasteiger partial charge in [0.15, 0.2) is 0 Å². The third-order valence-electron chi connectivity index (χ3n) is 4.77. The van der Waals surface area contributed by atoms with Crippen molar-refractivity contribution in [3.8, 4) is 0 Å². The summed E-state index contributed by atoms with van der Waals surface area (Å²) in [5.41, 5.74) is 5.39. The van der Waals surface area contributed by atoms with E-state index in [2.05, 4.69) is 0 Å². The molecule has 1 fully saturated rings. The Balaban J connectivity index is 2.34. The van der Waals surface area contributed by atoms with Gasteiger partial charge >= 0.3 is 0 Å². The molecular weight excluding hydrogens is 260 g/mol. The monoisotopic (exact) mass is 283 g/mol. The Morgan fingerprint density at radius 3 is 2.65 bits per heavy atom. The van der Waals surface area contributed by atoms with Crippen molar-refractivity contribution in [3.63, 3.8) is 0 Å². The summed E-state index contributed by atoms with van der Waals surface area (Å²) in [6, 6.07) is 3.45. The Morgan fingerprint density at radius 2 is 2.00 bits per heavy atom. The van der Waals surface area contributed by atoms with Crippen LogP contribution in [0, 0.1) is 22.5 Å². The number of nitrogens with two attached hydrogens (primary N) is 1. The predicted molar refractivity (Wildman–Crippen MR) is 75.2 cm³/mol. The zero-order chi connectivity index (χ0) is 15.0. The maximum Gasteiger partial charge on any atom is 0.126 e. The van der Waals surface area contributed by atoms with Gasteiger partial charge in [0.1, 0.15) is 11.6 Å². The lowest BCUT2D eigenvalue weighted by atomic mass is 9.59. The van der Waals surface area contributed by atoms with Crippen LogP contribution in [0.4, 0.5) is 8.78 Å². The number of benzene rings is 1. The molecule has 2 atom stereocenters. The molecular formula is C16H23F2NO. The van der Waals surface area contributed by atoms with Gasteiger partial charge in [-0.25, -0.2) is 8.78 Å². The van der Waals surface area contributed by atoms with E-state index in [1.54, 1.807) is 0 Å². The van der Waals surface area contributed by atoms with Crippen LogP contribution in [0.3, 0.4) is 0 Å². The van der Waals surface area contributed by atoms with Crippen molar-refractivity contribution in [2.75, 3.05) is 6.54 Å². The van der Waals surface area contributed by atoms with Crippen molar-refractivity contribution in [3.05, 3.63) is 35.4 Å². The highest BCUT2D eigenvalue weighted by Gasteiger charge is 2.48. The van der Waals surface area contributed by atoms with E-state index in [1.165, 1.54) is 6.07 Å². The van der Waals surface area contributed by atoms with Gasteiger partial charge in [-0.15, -0.1) is 0 Å². The van der Waals surface area contributed by atoms with Gasteiger partial charge in [-0.05, 0) is 48.4 Å². The molecule has 2 rings (SSSR count). The molecule has 2 unspecified atom stereocenters. The zero-order valence-electron chi connectivity index (χ0n) is 12.1. The maximum absolute atomic E-state index is 13.9. The van der Waals surface area contributed by atoms with Gasteiger partial charge in [0.2, 0.25) is 0 Å². The summed E-state index contributed by atoms with van der Waals surface area (Å²) in [7, 11) is 0. The van der Waals surface area contributed by atoms with Gasteiger partial charge in [-0.3, -0.25) is 0 Å². The summed E-state index contributed by atoms with van der Waals surface area (Å²) in [6.45, 7) is 4.28. The molecule has 1 aromatic rings. The third-order valence-corrected chi connectivity index (χ3v) is 4.77. The molecule has 1 saturated carbocycles. The molecule has 0 aliphatic heterocycles. The lowest BCUT2D eigenvalue weighted by Gasteiger charge is -2.49. The number of aliphatic hydroxyl groups excluding tert-OH is 1. The van der Waals surface area contributed by atoms with Gasteiger partial charge in [0.05, 0.1) is 6.10 Å². The highest BCUT2D eigenvalue weighted by molar-refractivity contribution is 5.21. The molecule has 0 amide bonds. The third kappa shape index (κ3) is 2.72. The van der Waals surface area contributed by atoms with E-state index in [9.17, 15) is 13.9 Å². The summed E-state index contributed by atoms with van der Waals surface area (Å²) in [4.78, 5) is 0. The second-order valence-corrected chi connectivity index (χ2v) is 6.72. The highest BCUT2D eigenvalue weighted by Crippen LogP contribution is 2.47. The number of rotatable bonds is 3. The predicted octanol–water partition coefficient (Wildman–Crippen LogP) is 3.02. The van der Waals surface area contributed by atoms with Crippen LogP contribution in [0.1, 0.15) is 38.7 Å². The van der Waals surface area contributed by atoms with E-state index in [0.717, 1.165) is 31.4 Å². The molecule has 1 aliphatic rings. The van der Waals surface area contributed by atoms with Crippen LogP contribution in [0.5, 0.6) is 0 Å². The summed E-state index contributed by atoms with van der Waals surface area (Å²) in [6.07, 6.45) is 2.26. The van der Waals surface area contributed by atoms with Crippen molar-refractivity contribution in [1.82, 2.24) is 0 Å². The van der Waals surface area contributed by atoms with Gasteiger partial charge < -0.3 is 10.8 Å². The largest absolute Gasteiger partial charge is 0.392 e. The smallest absolute Gasteiger partial charge is 0.126 e. The van der Waals surface area contributed by atoms with E-state index in [4.69, 9.17) is 5.73 Å². The second-order valence-electron chi connectivity index (χ2n) is 6.72. The summed E-state index contributed by atoms with van der Waals surface area (Å²) in [5.74, 6) is -0.895. The van der Waals surface area contributed by atoms with E-state index < -0.39 is 23.2 Å². The van der Waals surface area contributed by atoms with E-state index in [1.807, 2.05) is 13.8 Å². The normalized spacial score (nSPS) is 29.4. The first kappa shape index (κ1) is 15.4. The van der Waals surface area contributed by atoms with Crippen LogP contribution in [0.15, 0.2) is 18.2 Å². The Bertz CT molecular complexity index is 489. The Hall–Kier alpha value is -1.00. The standard InChI is InChI=1S/C16H23F2NO/c1-15(2)6-3-7-16(10-19,14(15)20)9-11-8-12(17)4-5-13(11)18/h4-5,8,14,20H,3,6-7,9-10,19H2,1-2H3. The molecule has 0 spiro atoms. The first-order valence-electron chi connectivity index (χ1n) is 7.13. The molecule has 2 nitrogen and oxygen atoms in total. The van der Waals surface area contributed by atoms with Gasteiger partial charge in [-0.1, -0.05) is 20.3 Å². The molecule has 0 aromatic heterocycles. The lowest BCUT2D eigenvalue weighted by molar-refractivity contribution is -0.0887. The minimum atomic E-state index is -0.614. The molecule has 0 saturated heterocycles. The minimum absolute atomic E-state index is 0.249. The van der Waals surface area contributed by atoms with E-state index in [0.29, 0.717) is 5.56 Å². The summed E-state index contributed by atoms with van der Waals surface area (Å²) < 4.78 is 27.2. The van der Waals surface area contributed by atoms with Crippen LogP contribution >= 0.6 is 0 Å². The quantitative estimate of drug-likeness (QED) is 0.895. The van der Waals surface area contributed by atoms with Crippen molar-refractivity contribution in [1.29, 1.82) is 0 Å². The van der Waals surface area contributed by atoms with Crippen LogP contribution in [0.25, 0.3) is 0 Å². The molecule has 3 N–H and O–H groups in total. The van der Waals surface area contributed by atoms with Gasteiger partial charge in [0, 0.05) is 12.0 Å². The molecule has 1 aromatic carbocycles. The van der Waals surface area contributed by atoms with Crippen LogP contribution in [-0.2, 0) is 6.42 Å². The summed E-state index contributed by atoms with van der Waals surface area (Å²) in [5, 5.41) is 10.7. The van der Waals surface area contributed by atoms with Crippen molar-refractivity contribution >= 4 is 0 Å². The van der Waals surface area contributed by atoms with Gasteiger partial charge in [0.25, 0.3) is 0 Å². The highest BCUT2D eigenvalue weighted by atomic mass is 19.1. The molecule has 4 heteroatoms. The molecule has 1 aliphatic carbocycles. The van der Waals surface area contributed by atoms with Crippen molar-refractivity contribution < 1.29 is 13.9 Å². The van der Waals surface area contributed by atoms with Crippen LogP contribution < -0.4 is 5.73 Å². The van der Waals surface area contributed by atoms with Gasteiger partial charge in [-0.2, -0.15) is 0 Å². The first-order valence-corrected chi connectivity index (χ1v) is 7.13. The van der Waals surface area contributed by atoms with Crippen molar-refractivity contribution in [2.45, 2.75) is 45.6 Å². The molecule has 20 heavy (non-hydrogen) atoms. The molecule has 0 radical (unpaired) electrons. The van der Waals surface area contributed by atoms with Crippen molar-refractivity contribution in [2.24, 2.45) is 16.6 Å². The topological polar surface area (TPSA) is 46.2 Å². The molecule has 0 heterocycles. The second kappa shape index (κ2) is 5.41. The number of hydrogen-bond acceptors (Lipinski definition) is 2. The number of aliphatic hydroxyl groups is 1. The Labute approximate surface area is 119 Å². The maximum atomic E-state index is 13.9. The zero-order valence-corrected chi connectivity index (χ0v) is 12.1. The first-order chi connectivity index (χ1) is 9.31. The van der Waals surface area contributed by atoms with Crippen LogP contribution in [-0.4, -0.2) is 17.8 Å².